The third kappa shape index (κ3) is 24.1. The molecule has 0 amide bonds. The number of anilines is 2. The quantitative estimate of drug-likeness (QED) is 0.0523. The zero-order chi connectivity index (χ0) is 49.9. The van der Waals surface area contributed by atoms with E-state index in [0.29, 0.717) is 43.8 Å². The number of nitrogens with one attached hydrogen (secondary N) is 2. The van der Waals surface area contributed by atoms with Crippen LogP contribution in [0.3, 0.4) is 0 Å². The molecule has 1 aliphatic heterocycles. The molecule has 66 heavy (non-hydrogen) atoms. The molecule has 0 aromatic heterocycles. The van der Waals surface area contributed by atoms with Crippen molar-refractivity contribution in [3.05, 3.63) is 133 Å². The van der Waals surface area contributed by atoms with E-state index in [-0.39, 0.29) is 6.10 Å². The maximum Gasteiger partial charge on any atom is 0.231 e. The summed E-state index contributed by atoms with van der Waals surface area (Å²) in [6.45, 7) is 32.0. The van der Waals surface area contributed by atoms with Gasteiger partial charge in [-0.3, -0.25) is 0 Å². The molecule has 0 radical (unpaired) electrons. The SMILES string of the molecule is C=CCOC(C)C.CC(C)Nc1ccc2c(c1)OCO2.CC(C)Nc1ccc2ccccc2c1.CC(C)OC(C)C.CC(C)Oc1c(F)c(F)c(F)c(F)c1F.CC(C)Oc1ccccc1. The highest BCUT2D eigenvalue weighted by Crippen LogP contribution is 2.34. The number of fused-ring (bicyclic) bond motifs is 2. The van der Waals surface area contributed by atoms with Crippen molar-refractivity contribution in [2.45, 2.75) is 140 Å². The highest BCUT2D eigenvalue weighted by Gasteiger charge is 2.27. The first kappa shape index (κ1) is 58.5. The van der Waals surface area contributed by atoms with Gasteiger partial charge < -0.3 is 39.1 Å². The van der Waals surface area contributed by atoms with E-state index in [9.17, 15) is 22.0 Å². The molecule has 0 aliphatic carbocycles. The molecular weight excluding hydrogens is 856 g/mol. The Balaban J connectivity index is 0.000000405. The summed E-state index contributed by atoms with van der Waals surface area (Å²) >= 11 is 0. The number of hydrogen-bond donors (Lipinski definition) is 2. The molecule has 366 valence electrons. The van der Waals surface area contributed by atoms with Crippen molar-refractivity contribution < 1.29 is 50.4 Å². The maximum absolute atomic E-state index is 12.9. The standard InChI is InChI=1S/C13H15N.C10H13NO2.C9H7F5O.C9H12O.C6H14O.C6H12O/c1-10(2)14-13-8-7-11-5-3-4-6-12(11)9-13;1-7(2)11-8-3-4-9-10(5-8)13-6-12-9;1-3(2)15-9-7(13)5(11)4(10)6(12)8(9)14;1-8(2)10-9-6-4-3-5-7-9;1-5(2)7-6(3)4;1-4-5-7-6(2)3/h3-10,14H,1-2H3;3-5,7,11H,6H2,1-2H3;3H,1-2H3;3-8H,1-2H3;5-6H,1-4H3;4,6H,1,5H2,2-3H3. The highest BCUT2D eigenvalue weighted by atomic mass is 19.2. The van der Waals surface area contributed by atoms with Crippen LogP contribution in [0, 0.1) is 29.1 Å². The molecule has 0 saturated carbocycles. The smallest absolute Gasteiger partial charge is 0.231 e. The number of benzene rings is 5. The van der Waals surface area contributed by atoms with Crippen LogP contribution in [0.15, 0.2) is 104 Å². The molecule has 0 saturated heterocycles. The summed E-state index contributed by atoms with van der Waals surface area (Å²) in [6.07, 6.45) is 2.40. The third-order valence-corrected chi connectivity index (χ3v) is 7.76. The van der Waals surface area contributed by atoms with Crippen LogP contribution in [0.1, 0.15) is 96.9 Å². The van der Waals surface area contributed by atoms with Crippen LogP contribution in [-0.2, 0) is 9.47 Å². The van der Waals surface area contributed by atoms with Crippen molar-refractivity contribution in [2.75, 3.05) is 24.0 Å². The summed E-state index contributed by atoms with van der Waals surface area (Å²) in [5.74, 6) is -8.78. The zero-order valence-corrected chi connectivity index (χ0v) is 41.2. The molecule has 0 spiro atoms. The first-order valence-corrected chi connectivity index (χ1v) is 22.2. The summed E-state index contributed by atoms with van der Waals surface area (Å²) in [4.78, 5) is 0. The van der Waals surface area contributed by atoms with Gasteiger partial charge in [0.15, 0.2) is 17.2 Å². The van der Waals surface area contributed by atoms with E-state index in [4.69, 9.17) is 23.7 Å². The average molecular weight is 929 g/mol. The van der Waals surface area contributed by atoms with Crippen LogP contribution >= 0.6 is 0 Å². The fourth-order valence-corrected chi connectivity index (χ4v) is 5.43. The van der Waals surface area contributed by atoms with Crippen LogP contribution in [0.5, 0.6) is 23.0 Å². The van der Waals surface area contributed by atoms with E-state index in [1.165, 1.54) is 30.3 Å². The Morgan fingerprint density at radius 3 is 1.44 bits per heavy atom. The number of para-hydroxylation sites is 1. The van der Waals surface area contributed by atoms with Gasteiger partial charge in [0.05, 0.1) is 37.1 Å². The Bertz CT molecular complexity index is 2080. The van der Waals surface area contributed by atoms with Crippen LogP contribution in [0.25, 0.3) is 10.8 Å². The highest BCUT2D eigenvalue weighted by molar-refractivity contribution is 5.85. The van der Waals surface area contributed by atoms with E-state index in [2.05, 4.69) is 92.1 Å². The van der Waals surface area contributed by atoms with Crippen molar-refractivity contribution in [1.82, 2.24) is 0 Å². The van der Waals surface area contributed by atoms with Crippen molar-refractivity contribution in [3.63, 3.8) is 0 Å². The lowest BCUT2D eigenvalue weighted by atomic mass is 10.1. The van der Waals surface area contributed by atoms with E-state index < -0.39 is 40.9 Å². The largest absolute Gasteiger partial charge is 0.491 e. The van der Waals surface area contributed by atoms with Gasteiger partial charge in [-0.05, 0) is 144 Å². The van der Waals surface area contributed by atoms with Gasteiger partial charge in [0, 0.05) is 29.5 Å². The Morgan fingerprint density at radius 2 is 0.985 bits per heavy atom. The minimum absolute atomic E-state index is 0.266. The second-order valence-corrected chi connectivity index (χ2v) is 16.7. The summed E-state index contributed by atoms with van der Waals surface area (Å²) < 4.78 is 94.3. The minimum atomic E-state index is -2.19. The molecule has 0 bridgehead atoms. The first-order chi connectivity index (χ1) is 31.0. The van der Waals surface area contributed by atoms with E-state index in [1.54, 1.807) is 6.08 Å². The zero-order valence-electron chi connectivity index (χ0n) is 41.2. The lowest BCUT2D eigenvalue weighted by Crippen LogP contribution is -2.12. The van der Waals surface area contributed by atoms with Crippen molar-refractivity contribution in [2.24, 2.45) is 0 Å². The predicted molar refractivity (Wildman–Crippen MR) is 261 cm³/mol. The summed E-state index contributed by atoms with van der Waals surface area (Å²) in [5.41, 5.74) is 2.26. The normalized spacial score (nSPS) is 11.1. The maximum atomic E-state index is 12.9. The van der Waals surface area contributed by atoms with Gasteiger partial charge in [-0.15, -0.1) is 6.58 Å². The molecule has 5 aromatic rings. The van der Waals surface area contributed by atoms with Crippen molar-refractivity contribution in [3.8, 4) is 23.0 Å². The fourth-order valence-electron chi connectivity index (χ4n) is 5.43. The molecule has 2 N–H and O–H groups in total. The Hall–Kier alpha value is -5.53. The summed E-state index contributed by atoms with van der Waals surface area (Å²) in [6, 6.07) is 31.5. The second kappa shape index (κ2) is 31.4. The van der Waals surface area contributed by atoms with E-state index in [1.807, 2.05) is 104 Å². The number of halogens is 5. The monoisotopic (exact) mass is 929 g/mol. The fraction of sp³-hybridized carbons (Fsp3) is 0.434. The number of hydrogen-bond acceptors (Lipinski definition) is 8. The van der Waals surface area contributed by atoms with Gasteiger partial charge in [0.25, 0.3) is 0 Å². The van der Waals surface area contributed by atoms with Crippen molar-refractivity contribution >= 4 is 22.1 Å². The van der Waals surface area contributed by atoms with Crippen LogP contribution in [-0.4, -0.2) is 56.0 Å². The van der Waals surface area contributed by atoms with Gasteiger partial charge >= 0.3 is 0 Å². The molecule has 0 atom stereocenters. The number of ether oxygens (including phenoxy) is 6. The first-order valence-electron chi connectivity index (χ1n) is 22.2. The molecule has 6 rings (SSSR count). The molecule has 1 heterocycles. The molecular formula is C53H73F5N2O6. The summed E-state index contributed by atoms with van der Waals surface area (Å²) in [7, 11) is 0. The molecule has 0 fully saturated rings. The molecule has 1 aliphatic rings. The molecule has 8 nitrogen and oxygen atoms in total. The van der Waals surface area contributed by atoms with Crippen molar-refractivity contribution in [1.29, 1.82) is 0 Å². The van der Waals surface area contributed by atoms with Crippen LogP contribution in [0.4, 0.5) is 33.3 Å². The van der Waals surface area contributed by atoms with E-state index >= 15 is 0 Å². The Labute approximate surface area is 390 Å². The van der Waals surface area contributed by atoms with Gasteiger partial charge in [-0.25, -0.2) is 13.2 Å². The topological polar surface area (TPSA) is 79.4 Å². The lowest BCUT2D eigenvalue weighted by Gasteiger charge is -2.12. The molecule has 13 heteroatoms. The number of rotatable bonds is 13. The van der Waals surface area contributed by atoms with Gasteiger partial charge in [0.1, 0.15) is 5.75 Å². The average Bonchev–Trinajstić information content (AvgIpc) is 3.71. The molecule has 0 unspecified atom stereocenters. The van der Waals surface area contributed by atoms with Crippen LogP contribution in [0.2, 0.25) is 0 Å². The third-order valence-electron chi connectivity index (χ3n) is 7.76. The Morgan fingerprint density at radius 1 is 0.515 bits per heavy atom. The van der Waals surface area contributed by atoms with Gasteiger partial charge in [-0.2, -0.15) is 8.78 Å². The minimum Gasteiger partial charge on any atom is -0.491 e. The second-order valence-electron chi connectivity index (χ2n) is 16.7. The van der Waals surface area contributed by atoms with Gasteiger partial charge in [0.2, 0.25) is 35.9 Å². The lowest BCUT2D eigenvalue weighted by molar-refractivity contribution is 0.0300. The van der Waals surface area contributed by atoms with Crippen LogP contribution < -0.4 is 29.6 Å². The van der Waals surface area contributed by atoms with Gasteiger partial charge in [-0.1, -0.05) is 54.6 Å². The predicted octanol–water partition coefficient (Wildman–Crippen LogP) is 15.0. The van der Waals surface area contributed by atoms with E-state index in [0.717, 1.165) is 22.9 Å². The summed E-state index contributed by atoms with van der Waals surface area (Å²) in [5, 5.41) is 9.28. The Kier molecular flexibility index (Phi) is 27.8. The molecule has 5 aromatic carbocycles.